The Bertz CT molecular complexity index is 851. The maximum atomic E-state index is 12.5. The second kappa shape index (κ2) is 12.2. The molecule has 8 heteroatoms. The summed E-state index contributed by atoms with van der Waals surface area (Å²) in [6, 6.07) is 2.50. The highest BCUT2D eigenvalue weighted by Crippen LogP contribution is 2.32. The SMILES string of the molecule is COCCc1cc(N2CCN(CC[C@H]3C[C@@H](NC(=O)[C@H]4CC[C@@H](O)CC4)C3)CC2)nc(C(C)(C)C)n1. The lowest BCUT2D eigenvalue weighted by atomic mass is 9.77. The van der Waals surface area contributed by atoms with E-state index in [9.17, 15) is 9.90 Å². The minimum atomic E-state index is -0.204. The van der Waals surface area contributed by atoms with Gasteiger partial charge in [0.25, 0.3) is 0 Å². The van der Waals surface area contributed by atoms with Crippen LogP contribution in [0.15, 0.2) is 6.07 Å². The fraction of sp³-hybridized carbons (Fsp3) is 0.821. The van der Waals surface area contributed by atoms with Crippen molar-refractivity contribution in [2.45, 2.75) is 89.7 Å². The van der Waals surface area contributed by atoms with Gasteiger partial charge >= 0.3 is 0 Å². The first-order chi connectivity index (χ1) is 17.2. The summed E-state index contributed by atoms with van der Waals surface area (Å²) in [6.07, 6.45) is 7.23. The number of carbonyl (C=O) groups excluding carboxylic acids is 1. The van der Waals surface area contributed by atoms with Crippen LogP contribution in [0.5, 0.6) is 0 Å². The van der Waals surface area contributed by atoms with Crippen LogP contribution in [0.3, 0.4) is 0 Å². The summed E-state index contributed by atoms with van der Waals surface area (Å²) < 4.78 is 5.28. The largest absolute Gasteiger partial charge is 0.393 e. The Balaban J connectivity index is 1.18. The highest BCUT2D eigenvalue weighted by molar-refractivity contribution is 5.79. The molecular formula is C28H47N5O3. The maximum absolute atomic E-state index is 12.5. The molecule has 0 bridgehead atoms. The molecule has 202 valence electrons. The van der Waals surface area contributed by atoms with E-state index in [0.29, 0.717) is 12.6 Å². The Labute approximate surface area is 217 Å². The number of piperazine rings is 1. The molecule has 2 aliphatic carbocycles. The Morgan fingerprint density at radius 2 is 1.81 bits per heavy atom. The highest BCUT2D eigenvalue weighted by atomic mass is 16.5. The molecule has 0 aromatic carbocycles. The van der Waals surface area contributed by atoms with Crippen molar-refractivity contribution in [1.29, 1.82) is 0 Å². The Morgan fingerprint density at radius 1 is 1.11 bits per heavy atom. The molecular weight excluding hydrogens is 454 g/mol. The van der Waals surface area contributed by atoms with Crippen LogP contribution in [0, 0.1) is 11.8 Å². The number of methoxy groups -OCH3 is 1. The second-order valence-corrected chi connectivity index (χ2v) is 12.2. The number of aromatic nitrogens is 2. The van der Waals surface area contributed by atoms with Gasteiger partial charge in [-0.25, -0.2) is 9.97 Å². The summed E-state index contributed by atoms with van der Waals surface area (Å²) in [5.41, 5.74) is 0.973. The Morgan fingerprint density at radius 3 is 2.44 bits per heavy atom. The van der Waals surface area contributed by atoms with Gasteiger partial charge in [-0.1, -0.05) is 20.8 Å². The molecule has 3 aliphatic rings. The standard InChI is InChI=1S/C28H47N5O3/c1-28(2,3)27-30-22(10-16-36-4)19-25(31-27)33-14-12-32(13-15-33)11-9-20-17-23(18-20)29-26(35)21-5-7-24(34)8-6-21/h19-21,23-24,34H,5-18H2,1-4H3,(H,29,35)/t20-,21-,23+,24+. The van der Waals surface area contributed by atoms with Crippen LogP contribution >= 0.6 is 0 Å². The number of nitrogens with zero attached hydrogens (tertiary/aromatic N) is 4. The smallest absolute Gasteiger partial charge is 0.223 e. The fourth-order valence-corrected chi connectivity index (χ4v) is 5.63. The molecule has 1 aromatic heterocycles. The van der Waals surface area contributed by atoms with Gasteiger partial charge in [0, 0.05) is 68.8 Å². The maximum Gasteiger partial charge on any atom is 0.223 e. The van der Waals surface area contributed by atoms with Crippen LogP contribution in [0.4, 0.5) is 5.82 Å². The number of ether oxygens (including phenoxy) is 1. The number of amides is 1. The van der Waals surface area contributed by atoms with Crippen molar-refractivity contribution >= 4 is 11.7 Å². The monoisotopic (exact) mass is 501 g/mol. The summed E-state index contributed by atoms with van der Waals surface area (Å²) in [6.45, 7) is 12.4. The topological polar surface area (TPSA) is 90.8 Å². The first-order valence-electron chi connectivity index (χ1n) is 14.0. The van der Waals surface area contributed by atoms with Crippen molar-refractivity contribution < 1.29 is 14.6 Å². The van der Waals surface area contributed by atoms with Gasteiger partial charge < -0.3 is 20.1 Å². The predicted molar refractivity (Wildman–Crippen MR) is 142 cm³/mol. The van der Waals surface area contributed by atoms with E-state index >= 15 is 0 Å². The number of hydrogen-bond acceptors (Lipinski definition) is 7. The minimum absolute atomic E-state index is 0.0847. The molecule has 1 amide bonds. The lowest BCUT2D eigenvalue weighted by Gasteiger charge is -2.40. The molecule has 0 radical (unpaired) electrons. The summed E-state index contributed by atoms with van der Waals surface area (Å²) >= 11 is 0. The third kappa shape index (κ3) is 7.39. The van der Waals surface area contributed by atoms with E-state index in [-0.39, 0.29) is 23.3 Å². The average Bonchev–Trinajstić information content (AvgIpc) is 2.84. The van der Waals surface area contributed by atoms with Gasteiger partial charge in [0.15, 0.2) is 0 Å². The average molecular weight is 502 g/mol. The number of hydrogen-bond donors (Lipinski definition) is 2. The van der Waals surface area contributed by atoms with Crippen molar-refractivity contribution in [3.63, 3.8) is 0 Å². The molecule has 4 rings (SSSR count). The number of rotatable bonds is 9. The number of anilines is 1. The number of aliphatic hydroxyl groups excluding tert-OH is 1. The van der Waals surface area contributed by atoms with Gasteiger partial charge in [0.05, 0.1) is 12.7 Å². The number of carbonyl (C=O) groups is 1. The van der Waals surface area contributed by atoms with Gasteiger partial charge in [0.2, 0.25) is 5.91 Å². The zero-order valence-electron chi connectivity index (χ0n) is 22.8. The lowest BCUT2D eigenvalue weighted by Crippen LogP contribution is -2.49. The van der Waals surface area contributed by atoms with E-state index in [2.05, 4.69) is 42.0 Å². The van der Waals surface area contributed by atoms with Crippen molar-refractivity contribution in [2.24, 2.45) is 11.8 Å². The molecule has 1 aromatic rings. The molecule has 1 aliphatic heterocycles. The highest BCUT2D eigenvalue weighted by Gasteiger charge is 2.33. The summed E-state index contributed by atoms with van der Waals surface area (Å²) in [5.74, 6) is 2.99. The Hall–Kier alpha value is -1.77. The molecule has 2 heterocycles. The van der Waals surface area contributed by atoms with E-state index in [0.717, 1.165) is 101 Å². The van der Waals surface area contributed by atoms with Crippen molar-refractivity contribution in [2.75, 3.05) is 51.3 Å². The van der Waals surface area contributed by atoms with Crippen LogP contribution in [-0.2, 0) is 21.4 Å². The van der Waals surface area contributed by atoms with E-state index in [1.165, 1.54) is 6.42 Å². The van der Waals surface area contributed by atoms with Gasteiger partial charge in [-0.2, -0.15) is 0 Å². The van der Waals surface area contributed by atoms with Crippen LogP contribution in [0.2, 0.25) is 0 Å². The second-order valence-electron chi connectivity index (χ2n) is 12.2. The van der Waals surface area contributed by atoms with Crippen LogP contribution in [-0.4, -0.2) is 84.5 Å². The van der Waals surface area contributed by atoms with Crippen LogP contribution in [0.25, 0.3) is 0 Å². The molecule has 36 heavy (non-hydrogen) atoms. The molecule has 8 nitrogen and oxygen atoms in total. The third-order valence-electron chi connectivity index (χ3n) is 8.20. The molecule has 3 fully saturated rings. The van der Waals surface area contributed by atoms with E-state index in [1.54, 1.807) is 7.11 Å². The van der Waals surface area contributed by atoms with E-state index in [1.807, 2.05) is 0 Å². The summed E-state index contributed by atoms with van der Waals surface area (Å²) in [5, 5.41) is 12.9. The summed E-state index contributed by atoms with van der Waals surface area (Å²) in [7, 11) is 1.73. The van der Waals surface area contributed by atoms with Gasteiger partial charge in [-0.05, 0) is 57.4 Å². The number of nitrogens with one attached hydrogen (secondary N) is 1. The first kappa shape index (κ1) is 27.3. The molecule has 2 N–H and O–H groups in total. The predicted octanol–water partition coefficient (Wildman–Crippen LogP) is 2.92. The zero-order chi connectivity index (χ0) is 25.7. The molecule has 1 saturated heterocycles. The van der Waals surface area contributed by atoms with E-state index < -0.39 is 0 Å². The van der Waals surface area contributed by atoms with Gasteiger partial charge in [0.1, 0.15) is 11.6 Å². The van der Waals surface area contributed by atoms with E-state index in [4.69, 9.17) is 14.7 Å². The lowest BCUT2D eigenvalue weighted by molar-refractivity contribution is -0.128. The fourth-order valence-electron chi connectivity index (χ4n) is 5.63. The van der Waals surface area contributed by atoms with Crippen molar-refractivity contribution in [1.82, 2.24) is 20.2 Å². The normalized spacial score (nSPS) is 27.5. The van der Waals surface area contributed by atoms with Crippen molar-refractivity contribution in [3.05, 3.63) is 17.6 Å². The zero-order valence-corrected chi connectivity index (χ0v) is 22.8. The number of aliphatic hydroxyl groups is 1. The molecule has 0 unspecified atom stereocenters. The van der Waals surface area contributed by atoms with Crippen LogP contribution in [0.1, 0.15) is 77.2 Å². The van der Waals surface area contributed by atoms with Crippen LogP contribution < -0.4 is 10.2 Å². The van der Waals surface area contributed by atoms with Gasteiger partial charge in [-0.3, -0.25) is 9.69 Å². The minimum Gasteiger partial charge on any atom is -0.393 e. The third-order valence-corrected chi connectivity index (χ3v) is 8.20. The van der Waals surface area contributed by atoms with Gasteiger partial charge in [-0.15, -0.1) is 0 Å². The van der Waals surface area contributed by atoms with Crippen molar-refractivity contribution in [3.8, 4) is 0 Å². The molecule has 0 spiro atoms. The quantitative estimate of drug-likeness (QED) is 0.538. The Kier molecular flexibility index (Phi) is 9.23. The molecule has 2 saturated carbocycles. The summed E-state index contributed by atoms with van der Waals surface area (Å²) in [4.78, 5) is 27.2. The molecule has 0 atom stereocenters. The first-order valence-corrected chi connectivity index (χ1v) is 14.0.